The zero-order chi connectivity index (χ0) is 14.0. The summed E-state index contributed by atoms with van der Waals surface area (Å²) in [6, 6.07) is 0. The SMILES string of the molecule is CCNC(CC)(CO)CCCOCC1CCCCO1. The van der Waals surface area contributed by atoms with Gasteiger partial charge in [0.2, 0.25) is 0 Å². The molecule has 2 N–H and O–H groups in total. The molecule has 1 fully saturated rings. The van der Waals surface area contributed by atoms with Crippen molar-refractivity contribution in [2.75, 3.05) is 33.0 Å². The average Bonchev–Trinajstić information content (AvgIpc) is 2.47. The summed E-state index contributed by atoms with van der Waals surface area (Å²) >= 11 is 0. The summed E-state index contributed by atoms with van der Waals surface area (Å²) < 4.78 is 11.3. The third-order valence-corrected chi connectivity index (χ3v) is 4.05. The molecule has 1 saturated heterocycles. The second-order valence-electron chi connectivity index (χ2n) is 5.49. The van der Waals surface area contributed by atoms with E-state index in [0.717, 1.165) is 52.0 Å². The second-order valence-corrected chi connectivity index (χ2v) is 5.49. The highest BCUT2D eigenvalue weighted by atomic mass is 16.5. The maximum atomic E-state index is 9.54. The van der Waals surface area contributed by atoms with E-state index in [-0.39, 0.29) is 12.1 Å². The van der Waals surface area contributed by atoms with Gasteiger partial charge < -0.3 is 19.9 Å². The van der Waals surface area contributed by atoms with Crippen LogP contribution in [0.4, 0.5) is 0 Å². The highest BCUT2D eigenvalue weighted by Crippen LogP contribution is 2.17. The zero-order valence-corrected chi connectivity index (χ0v) is 12.6. The van der Waals surface area contributed by atoms with E-state index in [0.29, 0.717) is 6.10 Å². The Morgan fingerprint density at radius 1 is 1.37 bits per heavy atom. The molecule has 0 aromatic rings. The first kappa shape index (κ1) is 16.9. The van der Waals surface area contributed by atoms with E-state index in [2.05, 4.69) is 19.2 Å². The predicted octanol–water partition coefficient (Wildman–Crippen LogP) is 2.10. The molecule has 2 unspecified atom stereocenters. The molecule has 0 aliphatic carbocycles. The van der Waals surface area contributed by atoms with Crippen molar-refractivity contribution in [2.24, 2.45) is 0 Å². The molecule has 0 aromatic heterocycles. The van der Waals surface area contributed by atoms with Crippen LogP contribution < -0.4 is 5.32 Å². The van der Waals surface area contributed by atoms with Crippen LogP contribution >= 0.6 is 0 Å². The maximum absolute atomic E-state index is 9.54. The summed E-state index contributed by atoms with van der Waals surface area (Å²) in [4.78, 5) is 0. The van der Waals surface area contributed by atoms with Crippen molar-refractivity contribution in [1.82, 2.24) is 5.32 Å². The Labute approximate surface area is 117 Å². The molecule has 114 valence electrons. The number of aliphatic hydroxyl groups excluding tert-OH is 1. The molecule has 0 saturated carbocycles. The van der Waals surface area contributed by atoms with Crippen molar-refractivity contribution in [3.63, 3.8) is 0 Å². The summed E-state index contributed by atoms with van der Waals surface area (Å²) in [6.45, 7) is 7.66. The van der Waals surface area contributed by atoms with Gasteiger partial charge in [-0.2, -0.15) is 0 Å². The Morgan fingerprint density at radius 3 is 2.79 bits per heavy atom. The molecular weight excluding hydrogens is 242 g/mol. The minimum atomic E-state index is -0.126. The molecule has 0 aromatic carbocycles. The van der Waals surface area contributed by atoms with Gasteiger partial charge in [0.05, 0.1) is 19.3 Å². The smallest absolute Gasteiger partial charge is 0.0808 e. The van der Waals surface area contributed by atoms with Crippen LogP contribution in [0.15, 0.2) is 0 Å². The quantitative estimate of drug-likeness (QED) is 0.599. The minimum absolute atomic E-state index is 0.126. The molecule has 0 amide bonds. The Kier molecular flexibility index (Phi) is 8.62. The second kappa shape index (κ2) is 9.70. The van der Waals surface area contributed by atoms with Gasteiger partial charge in [-0.3, -0.25) is 0 Å². The summed E-state index contributed by atoms with van der Waals surface area (Å²) in [7, 11) is 0. The molecule has 1 heterocycles. The minimum Gasteiger partial charge on any atom is -0.394 e. The van der Waals surface area contributed by atoms with Gasteiger partial charge in [-0.25, -0.2) is 0 Å². The first-order chi connectivity index (χ1) is 9.26. The van der Waals surface area contributed by atoms with Crippen LogP contribution in [0.3, 0.4) is 0 Å². The van der Waals surface area contributed by atoms with Crippen molar-refractivity contribution in [1.29, 1.82) is 0 Å². The van der Waals surface area contributed by atoms with Crippen LogP contribution in [0.2, 0.25) is 0 Å². The Hall–Kier alpha value is -0.160. The van der Waals surface area contributed by atoms with Crippen molar-refractivity contribution in [3.8, 4) is 0 Å². The normalized spacial score (nSPS) is 23.2. The fraction of sp³-hybridized carbons (Fsp3) is 1.00. The lowest BCUT2D eigenvalue weighted by atomic mass is 9.91. The fourth-order valence-corrected chi connectivity index (χ4v) is 2.68. The topological polar surface area (TPSA) is 50.7 Å². The summed E-state index contributed by atoms with van der Waals surface area (Å²) in [5, 5.41) is 13.0. The third-order valence-electron chi connectivity index (χ3n) is 4.05. The van der Waals surface area contributed by atoms with Crippen molar-refractivity contribution in [2.45, 2.75) is 64.0 Å². The van der Waals surface area contributed by atoms with E-state index in [1.165, 1.54) is 12.8 Å². The predicted molar refractivity (Wildman–Crippen MR) is 77.4 cm³/mol. The van der Waals surface area contributed by atoms with Crippen LogP contribution in [-0.2, 0) is 9.47 Å². The summed E-state index contributed by atoms with van der Waals surface area (Å²) in [5.74, 6) is 0. The molecule has 0 radical (unpaired) electrons. The number of nitrogens with one attached hydrogen (secondary N) is 1. The van der Waals surface area contributed by atoms with Crippen molar-refractivity contribution < 1.29 is 14.6 Å². The lowest BCUT2D eigenvalue weighted by molar-refractivity contribution is -0.0420. The van der Waals surface area contributed by atoms with Crippen LogP contribution in [0.25, 0.3) is 0 Å². The molecule has 4 heteroatoms. The zero-order valence-electron chi connectivity index (χ0n) is 12.6. The Balaban J connectivity index is 2.10. The monoisotopic (exact) mass is 273 g/mol. The van der Waals surface area contributed by atoms with Crippen LogP contribution in [-0.4, -0.2) is 49.7 Å². The number of rotatable bonds is 10. The van der Waals surface area contributed by atoms with Gasteiger partial charge in [0.15, 0.2) is 0 Å². The molecule has 1 rings (SSSR count). The van der Waals surface area contributed by atoms with E-state index in [9.17, 15) is 5.11 Å². The summed E-state index contributed by atoms with van der Waals surface area (Å²) in [5.41, 5.74) is -0.126. The Bertz CT molecular complexity index is 213. The number of aliphatic hydroxyl groups is 1. The van der Waals surface area contributed by atoms with Gasteiger partial charge >= 0.3 is 0 Å². The van der Waals surface area contributed by atoms with Gasteiger partial charge in [0.25, 0.3) is 0 Å². The molecular formula is C15H31NO3. The Morgan fingerprint density at radius 2 is 2.21 bits per heavy atom. The number of hydrogen-bond donors (Lipinski definition) is 2. The lowest BCUT2D eigenvalue weighted by Gasteiger charge is -2.32. The van der Waals surface area contributed by atoms with Gasteiger partial charge in [-0.15, -0.1) is 0 Å². The van der Waals surface area contributed by atoms with Crippen molar-refractivity contribution >= 4 is 0 Å². The van der Waals surface area contributed by atoms with Crippen LogP contribution in [0.5, 0.6) is 0 Å². The van der Waals surface area contributed by atoms with E-state index >= 15 is 0 Å². The molecule has 1 aliphatic heterocycles. The number of ether oxygens (including phenoxy) is 2. The molecule has 4 nitrogen and oxygen atoms in total. The van der Waals surface area contributed by atoms with Crippen LogP contribution in [0.1, 0.15) is 52.4 Å². The lowest BCUT2D eigenvalue weighted by Crippen LogP contribution is -2.48. The molecule has 19 heavy (non-hydrogen) atoms. The van der Waals surface area contributed by atoms with Gasteiger partial charge in [-0.05, 0) is 45.1 Å². The van der Waals surface area contributed by atoms with Crippen LogP contribution in [0, 0.1) is 0 Å². The molecule has 0 bridgehead atoms. The fourth-order valence-electron chi connectivity index (χ4n) is 2.68. The van der Waals surface area contributed by atoms with E-state index < -0.39 is 0 Å². The van der Waals surface area contributed by atoms with Gasteiger partial charge in [-0.1, -0.05) is 13.8 Å². The first-order valence-electron chi connectivity index (χ1n) is 7.81. The first-order valence-corrected chi connectivity index (χ1v) is 7.81. The van der Waals surface area contributed by atoms with Crippen molar-refractivity contribution in [3.05, 3.63) is 0 Å². The highest BCUT2D eigenvalue weighted by molar-refractivity contribution is 4.85. The number of hydrogen-bond acceptors (Lipinski definition) is 4. The standard InChI is InChI=1S/C15H31NO3/c1-3-15(13-17,16-4-2)9-7-10-18-12-14-8-5-6-11-19-14/h14,16-17H,3-13H2,1-2H3. The van der Waals surface area contributed by atoms with Gasteiger partial charge in [0, 0.05) is 18.8 Å². The molecule has 0 spiro atoms. The van der Waals surface area contributed by atoms with Gasteiger partial charge in [0.1, 0.15) is 0 Å². The summed E-state index contributed by atoms with van der Waals surface area (Å²) in [6.07, 6.45) is 6.77. The largest absolute Gasteiger partial charge is 0.394 e. The van der Waals surface area contributed by atoms with E-state index in [4.69, 9.17) is 9.47 Å². The average molecular weight is 273 g/mol. The molecule has 1 aliphatic rings. The molecule has 2 atom stereocenters. The third kappa shape index (κ3) is 6.21. The van der Waals surface area contributed by atoms with E-state index in [1.54, 1.807) is 0 Å². The number of likely N-dealkylation sites (N-methyl/N-ethyl adjacent to an activating group) is 1. The maximum Gasteiger partial charge on any atom is 0.0808 e. The van der Waals surface area contributed by atoms with E-state index in [1.807, 2.05) is 0 Å². The highest BCUT2D eigenvalue weighted by Gasteiger charge is 2.25.